The van der Waals surface area contributed by atoms with E-state index in [9.17, 15) is 4.79 Å². The topological polar surface area (TPSA) is 55.3 Å². The number of nitrogens with zero attached hydrogens (tertiary/aromatic N) is 3. The van der Waals surface area contributed by atoms with E-state index in [4.69, 9.17) is 4.74 Å². The summed E-state index contributed by atoms with van der Waals surface area (Å²) in [5, 5.41) is 0. The minimum atomic E-state index is -0.126. The van der Waals surface area contributed by atoms with Gasteiger partial charge in [-0.3, -0.25) is 4.79 Å². The maximum Gasteiger partial charge on any atom is 0.310 e. The molecule has 0 saturated carbocycles. The Kier molecular flexibility index (Phi) is 3.79. The van der Waals surface area contributed by atoms with Crippen LogP contribution < -0.4 is 4.90 Å². The van der Waals surface area contributed by atoms with Crippen molar-refractivity contribution in [2.75, 3.05) is 25.1 Å². The molecule has 1 unspecified atom stereocenters. The number of esters is 1. The first kappa shape index (κ1) is 12.8. The Bertz CT molecular complexity index is 448. The minimum Gasteiger partial charge on any atom is -0.469 e. The highest BCUT2D eigenvalue weighted by Gasteiger charge is 2.29. The number of carbonyl (C=O) groups excluding carboxylic acids is 1. The van der Waals surface area contributed by atoms with Gasteiger partial charge in [0.05, 0.1) is 13.0 Å². The fourth-order valence-corrected chi connectivity index (χ4v) is 2.28. The van der Waals surface area contributed by atoms with E-state index in [1.165, 1.54) is 7.11 Å². The van der Waals surface area contributed by atoms with Gasteiger partial charge in [0.2, 0.25) is 0 Å². The van der Waals surface area contributed by atoms with Gasteiger partial charge in [-0.2, -0.15) is 0 Å². The lowest BCUT2D eigenvalue weighted by molar-refractivity contribution is -0.144. The molecule has 1 aromatic rings. The number of methoxy groups -OCH3 is 1. The van der Waals surface area contributed by atoms with Gasteiger partial charge in [0.15, 0.2) is 0 Å². The lowest BCUT2D eigenvalue weighted by Gasteiger charge is -2.18. The van der Waals surface area contributed by atoms with Crippen LogP contribution in [0.2, 0.25) is 0 Å². The van der Waals surface area contributed by atoms with Crippen molar-refractivity contribution in [2.24, 2.45) is 5.92 Å². The summed E-state index contributed by atoms with van der Waals surface area (Å²) in [5.41, 5.74) is 1.04. The van der Waals surface area contributed by atoms with Crippen LogP contribution in [0.5, 0.6) is 0 Å². The maximum absolute atomic E-state index is 11.5. The highest BCUT2D eigenvalue weighted by atomic mass is 16.5. The van der Waals surface area contributed by atoms with E-state index in [2.05, 4.69) is 21.8 Å². The van der Waals surface area contributed by atoms with Gasteiger partial charge in [0.1, 0.15) is 11.6 Å². The molecule has 5 nitrogen and oxygen atoms in total. The van der Waals surface area contributed by atoms with E-state index in [0.29, 0.717) is 6.54 Å². The summed E-state index contributed by atoms with van der Waals surface area (Å²) in [6.45, 7) is 5.51. The molecular formula is C13H19N3O2. The quantitative estimate of drug-likeness (QED) is 0.757. The molecule has 1 aromatic heterocycles. The van der Waals surface area contributed by atoms with E-state index in [1.54, 1.807) is 0 Å². The monoisotopic (exact) mass is 249 g/mol. The molecule has 2 rings (SSSR count). The smallest absolute Gasteiger partial charge is 0.310 e. The standard InChI is InChI=1S/C13H19N3O2/c1-4-11-7-12(15-9(2)14-11)16-6-5-10(8-16)13(17)18-3/h7,10H,4-6,8H2,1-3H3. The Morgan fingerprint density at radius 3 is 3.00 bits per heavy atom. The van der Waals surface area contributed by atoms with Crippen molar-refractivity contribution in [3.8, 4) is 0 Å². The van der Waals surface area contributed by atoms with Gasteiger partial charge in [0, 0.05) is 24.8 Å². The molecule has 1 fully saturated rings. The van der Waals surface area contributed by atoms with Crippen molar-refractivity contribution in [3.05, 3.63) is 17.6 Å². The molecule has 2 heterocycles. The Morgan fingerprint density at radius 1 is 1.56 bits per heavy atom. The van der Waals surface area contributed by atoms with Gasteiger partial charge >= 0.3 is 5.97 Å². The molecule has 1 atom stereocenters. The highest BCUT2D eigenvalue weighted by molar-refractivity contribution is 5.74. The lowest BCUT2D eigenvalue weighted by Crippen LogP contribution is -2.24. The molecule has 1 aliphatic rings. The Balaban J connectivity index is 2.14. The number of rotatable bonds is 3. The average Bonchev–Trinajstić information content (AvgIpc) is 2.86. The van der Waals surface area contributed by atoms with Crippen LogP contribution in [-0.2, 0) is 16.0 Å². The molecule has 98 valence electrons. The van der Waals surface area contributed by atoms with Crippen LogP contribution in [0.3, 0.4) is 0 Å². The zero-order valence-corrected chi connectivity index (χ0v) is 11.1. The van der Waals surface area contributed by atoms with Crippen LogP contribution in [0.25, 0.3) is 0 Å². The third kappa shape index (κ3) is 2.60. The first-order chi connectivity index (χ1) is 8.63. The van der Waals surface area contributed by atoms with Crippen molar-refractivity contribution < 1.29 is 9.53 Å². The maximum atomic E-state index is 11.5. The van der Waals surface area contributed by atoms with Crippen molar-refractivity contribution in [2.45, 2.75) is 26.7 Å². The summed E-state index contributed by atoms with van der Waals surface area (Å²) < 4.78 is 4.79. The number of carbonyl (C=O) groups is 1. The number of anilines is 1. The van der Waals surface area contributed by atoms with E-state index in [0.717, 1.165) is 36.7 Å². The van der Waals surface area contributed by atoms with Gasteiger partial charge < -0.3 is 9.64 Å². The Hall–Kier alpha value is -1.65. The summed E-state index contributed by atoms with van der Waals surface area (Å²) in [5.74, 6) is 1.55. The predicted octanol–water partition coefficient (Wildman–Crippen LogP) is 1.35. The molecule has 0 aliphatic carbocycles. The van der Waals surface area contributed by atoms with Crippen molar-refractivity contribution in [1.29, 1.82) is 0 Å². The third-order valence-corrected chi connectivity index (χ3v) is 3.29. The molecular weight excluding hydrogens is 230 g/mol. The molecule has 0 aromatic carbocycles. The van der Waals surface area contributed by atoms with Crippen LogP contribution in [0.4, 0.5) is 5.82 Å². The van der Waals surface area contributed by atoms with Gasteiger partial charge in [0.25, 0.3) is 0 Å². The van der Waals surface area contributed by atoms with Crippen molar-refractivity contribution >= 4 is 11.8 Å². The Labute approximate surface area is 107 Å². The van der Waals surface area contributed by atoms with Crippen LogP contribution in [-0.4, -0.2) is 36.1 Å². The zero-order chi connectivity index (χ0) is 13.1. The first-order valence-electron chi connectivity index (χ1n) is 6.31. The van der Waals surface area contributed by atoms with Crippen LogP contribution >= 0.6 is 0 Å². The van der Waals surface area contributed by atoms with Crippen LogP contribution in [0.1, 0.15) is 24.9 Å². The van der Waals surface area contributed by atoms with Crippen LogP contribution in [0.15, 0.2) is 6.07 Å². The summed E-state index contributed by atoms with van der Waals surface area (Å²) in [7, 11) is 1.44. The molecule has 0 amide bonds. The number of hydrogen-bond acceptors (Lipinski definition) is 5. The fourth-order valence-electron chi connectivity index (χ4n) is 2.28. The van der Waals surface area contributed by atoms with E-state index >= 15 is 0 Å². The lowest BCUT2D eigenvalue weighted by atomic mass is 10.1. The first-order valence-corrected chi connectivity index (χ1v) is 6.31. The predicted molar refractivity (Wildman–Crippen MR) is 68.5 cm³/mol. The normalized spacial score (nSPS) is 19.1. The van der Waals surface area contributed by atoms with Crippen LogP contribution in [0, 0.1) is 12.8 Å². The number of hydrogen-bond donors (Lipinski definition) is 0. The van der Waals surface area contributed by atoms with Gasteiger partial charge in [-0.15, -0.1) is 0 Å². The van der Waals surface area contributed by atoms with Crippen molar-refractivity contribution in [1.82, 2.24) is 9.97 Å². The minimum absolute atomic E-state index is 0.0321. The Morgan fingerprint density at radius 2 is 2.33 bits per heavy atom. The van der Waals surface area contributed by atoms with Crippen molar-refractivity contribution in [3.63, 3.8) is 0 Å². The summed E-state index contributed by atoms with van der Waals surface area (Å²) in [6.07, 6.45) is 1.72. The average molecular weight is 249 g/mol. The molecule has 0 bridgehead atoms. The number of aromatic nitrogens is 2. The molecule has 0 radical (unpaired) electrons. The van der Waals surface area contributed by atoms with E-state index in [-0.39, 0.29) is 11.9 Å². The second kappa shape index (κ2) is 5.33. The summed E-state index contributed by atoms with van der Waals surface area (Å²) in [6, 6.07) is 2.01. The second-order valence-electron chi connectivity index (χ2n) is 4.57. The van der Waals surface area contributed by atoms with Gasteiger partial charge in [-0.25, -0.2) is 9.97 Å². The second-order valence-corrected chi connectivity index (χ2v) is 4.57. The summed E-state index contributed by atoms with van der Waals surface area (Å²) in [4.78, 5) is 22.4. The number of ether oxygens (including phenoxy) is 1. The fraction of sp³-hybridized carbons (Fsp3) is 0.615. The van der Waals surface area contributed by atoms with E-state index < -0.39 is 0 Å². The summed E-state index contributed by atoms with van der Waals surface area (Å²) >= 11 is 0. The largest absolute Gasteiger partial charge is 0.469 e. The SMILES string of the molecule is CCc1cc(N2CCC(C(=O)OC)C2)nc(C)n1. The molecule has 1 saturated heterocycles. The van der Waals surface area contributed by atoms with E-state index in [1.807, 2.05) is 13.0 Å². The molecule has 1 aliphatic heterocycles. The molecule has 5 heteroatoms. The third-order valence-electron chi connectivity index (χ3n) is 3.29. The van der Waals surface area contributed by atoms with Gasteiger partial charge in [-0.05, 0) is 19.8 Å². The molecule has 0 spiro atoms. The highest BCUT2D eigenvalue weighted by Crippen LogP contribution is 2.23. The zero-order valence-electron chi connectivity index (χ0n) is 11.1. The molecule has 0 N–H and O–H groups in total. The molecule has 18 heavy (non-hydrogen) atoms. The van der Waals surface area contributed by atoms with Gasteiger partial charge in [-0.1, -0.05) is 6.92 Å². The number of aryl methyl sites for hydroxylation is 2.